The van der Waals surface area contributed by atoms with Crippen LogP contribution in [0.3, 0.4) is 0 Å². The monoisotopic (exact) mass is 202 g/mol. The summed E-state index contributed by atoms with van der Waals surface area (Å²) >= 11 is 0. The van der Waals surface area contributed by atoms with E-state index in [0.29, 0.717) is 11.7 Å². The smallest absolute Gasteiger partial charge is 0.270 e. The Hall–Kier alpha value is -1.64. The first-order valence-corrected chi connectivity index (χ1v) is 5.10. The molecule has 0 aromatic carbocycles. The van der Waals surface area contributed by atoms with Crippen molar-refractivity contribution in [3.63, 3.8) is 0 Å². The van der Waals surface area contributed by atoms with Crippen molar-refractivity contribution in [3.8, 4) is 0 Å². The number of rotatable bonds is 3. The molecule has 0 bridgehead atoms. The van der Waals surface area contributed by atoms with Crippen LogP contribution in [0.2, 0.25) is 0 Å². The minimum absolute atomic E-state index is 0.0730. The number of hydrogen-bond donors (Lipinski definition) is 1. The van der Waals surface area contributed by atoms with Crippen molar-refractivity contribution in [2.45, 2.75) is 25.8 Å². The molecule has 1 N–H and O–H groups in total. The van der Waals surface area contributed by atoms with Crippen LogP contribution in [0.25, 0.3) is 6.08 Å². The van der Waals surface area contributed by atoms with Gasteiger partial charge in [0, 0.05) is 12.2 Å². The summed E-state index contributed by atoms with van der Waals surface area (Å²) in [5.74, 6) is -0.0730. The molecule has 0 saturated heterocycles. The van der Waals surface area contributed by atoms with Crippen molar-refractivity contribution < 1.29 is 4.79 Å². The SMILES string of the molecule is C=Cc1cnc(C(=O)NC2CC2)cc1C. The molecular formula is C12H14N2O. The van der Waals surface area contributed by atoms with Crippen molar-refractivity contribution in [2.75, 3.05) is 0 Å². The lowest BCUT2D eigenvalue weighted by atomic mass is 10.1. The van der Waals surface area contributed by atoms with Crippen LogP contribution < -0.4 is 5.32 Å². The van der Waals surface area contributed by atoms with Gasteiger partial charge in [0.05, 0.1) is 0 Å². The van der Waals surface area contributed by atoms with E-state index in [1.165, 1.54) is 0 Å². The van der Waals surface area contributed by atoms with Gasteiger partial charge in [-0.1, -0.05) is 12.7 Å². The van der Waals surface area contributed by atoms with Gasteiger partial charge in [0.25, 0.3) is 5.91 Å². The molecule has 0 atom stereocenters. The molecule has 1 aromatic heterocycles. The van der Waals surface area contributed by atoms with E-state index in [-0.39, 0.29) is 5.91 Å². The lowest BCUT2D eigenvalue weighted by Gasteiger charge is -2.05. The summed E-state index contributed by atoms with van der Waals surface area (Å²) in [6.45, 7) is 5.64. The number of nitrogens with one attached hydrogen (secondary N) is 1. The van der Waals surface area contributed by atoms with E-state index in [0.717, 1.165) is 24.0 Å². The minimum Gasteiger partial charge on any atom is -0.348 e. The van der Waals surface area contributed by atoms with E-state index >= 15 is 0 Å². The Morgan fingerprint density at radius 1 is 1.67 bits per heavy atom. The van der Waals surface area contributed by atoms with Crippen LogP contribution >= 0.6 is 0 Å². The first-order valence-electron chi connectivity index (χ1n) is 5.10. The second-order valence-electron chi connectivity index (χ2n) is 3.88. The minimum atomic E-state index is -0.0730. The first-order chi connectivity index (χ1) is 7.20. The highest BCUT2D eigenvalue weighted by Gasteiger charge is 2.24. The molecule has 1 amide bonds. The predicted molar refractivity (Wildman–Crippen MR) is 59.6 cm³/mol. The van der Waals surface area contributed by atoms with Gasteiger partial charge in [-0.2, -0.15) is 0 Å². The number of carbonyl (C=O) groups excluding carboxylic acids is 1. The summed E-state index contributed by atoms with van der Waals surface area (Å²) in [7, 11) is 0. The van der Waals surface area contributed by atoms with Crippen LogP contribution in [0.15, 0.2) is 18.8 Å². The number of amides is 1. The largest absolute Gasteiger partial charge is 0.348 e. The van der Waals surface area contributed by atoms with Crippen LogP contribution in [0.1, 0.15) is 34.5 Å². The second kappa shape index (κ2) is 3.85. The molecule has 1 aliphatic rings. The zero-order valence-electron chi connectivity index (χ0n) is 8.79. The van der Waals surface area contributed by atoms with Crippen LogP contribution in [-0.4, -0.2) is 16.9 Å². The molecule has 2 rings (SSSR count). The Morgan fingerprint density at radius 3 is 2.93 bits per heavy atom. The molecular weight excluding hydrogens is 188 g/mol. The van der Waals surface area contributed by atoms with E-state index in [2.05, 4.69) is 16.9 Å². The maximum absolute atomic E-state index is 11.6. The lowest BCUT2D eigenvalue weighted by molar-refractivity contribution is 0.0946. The van der Waals surface area contributed by atoms with Gasteiger partial charge in [-0.25, -0.2) is 0 Å². The number of hydrogen-bond acceptors (Lipinski definition) is 2. The fourth-order valence-electron chi connectivity index (χ4n) is 1.39. The van der Waals surface area contributed by atoms with Crippen LogP contribution in [0.4, 0.5) is 0 Å². The van der Waals surface area contributed by atoms with Crippen molar-refractivity contribution >= 4 is 12.0 Å². The number of aromatic nitrogens is 1. The van der Waals surface area contributed by atoms with Crippen molar-refractivity contribution in [1.29, 1.82) is 0 Å². The van der Waals surface area contributed by atoms with Gasteiger partial charge >= 0.3 is 0 Å². The van der Waals surface area contributed by atoms with E-state index in [1.54, 1.807) is 18.3 Å². The average Bonchev–Trinajstić information content (AvgIpc) is 3.01. The second-order valence-corrected chi connectivity index (χ2v) is 3.88. The maximum atomic E-state index is 11.6. The molecule has 1 heterocycles. The zero-order valence-corrected chi connectivity index (χ0v) is 8.79. The summed E-state index contributed by atoms with van der Waals surface area (Å²) in [6.07, 6.45) is 5.61. The predicted octanol–water partition coefficient (Wildman–Crippen LogP) is 1.93. The van der Waals surface area contributed by atoms with Gasteiger partial charge < -0.3 is 5.32 Å². The molecule has 3 heteroatoms. The normalized spacial score (nSPS) is 14.7. The van der Waals surface area contributed by atoms with Gasteiger partial charge in [-0.3, -0.25) is 9.78 Å². The van der Waals surface area contributed by atoms with Crippen molar-refractivity contribution in [3.05, 3.63) is 35.7 Å². The molecule has 0 spiro atoms. The highest BCUT2D eigenvalue weighted by molar-refractivity contribution is 5.93. The van der Waals surface area contributed by atoms with Crippen molar-refractivity contribution in [2.24, 2.45) is 0 Å². The third kappa shape index (κ3) is 2.24. The summed E-state index contributed by atoms with van der Waals surface area (Å²) in [5, 5.41) is 2.91. The summed E-state index contributed by atoms with van der Waals surface area (Å²) in [6, 6.07) is 2.17. The quantitative estimate of drug-likeness (QED) is 0.813. The number of nitrogens with zero attached hydrogens (tertiary/aromatic N) is 1. The van der Waals surface area contributed by atoms with Gasteiger partial charge in [0.15, 0.2) is 0 Å². The van der Waals surface area contributed by atoms with Crippen LogP contribution in [-0.2, 0) is 0 Å². The summed E-state index contributed by atoms with van der Waals surface area (Å²) in [5.41, 5.74) is 2.49. The Morgan fingerprint density at radius 2 is 2.40 bits per heavy atom. The topological polar surface area (TPSA) is 42.0 Å². The van der Waals surface area contributed by atoms with Crippen LogP contribution in [0, 0.1) is 6.92 Å². The van der Waals surface area contributed by atoms with Gasteiger partial charge in [0.2, 0.25) is 0 Å². The number of pyridine rings is 1. The summed E-state index contributed by atoms with van der Waals surface area (Å²) in [4.78, 5) is 15.8. The highest BCUT2D eigenvalue weighted by Crippen LogP contribution is 2.19. The van der Waals surface area contributed by atoms with Gasteiger partial charge in [0.1, 0.15) is 5.69 Å². The number of carbonyl (C=O) groups is 1. The molecule has 1 fully saturated rings. The maximum Gasteiger partial charge on any atom is 0.270 e. The van der Waals surface area contributed by atoms with E-state index < -0.39 is 0 Å². The van der Waals surface area contributed by atoms with E-state index in [4.69, 9.17) is 0 Å². The molecule has 15 heavy (non-hydrogen) atoms. The Labute approximate surface area is 89.2 Å². The fraction of sp³-hybridized carbons (Fsp3) is 0.333. The third-order valence-corrected chi connectivity index (χ3v) is 2.52. The standard InChI is InChI=1S/C12H14N2O/c1-3-9-7-13-11(6-8(9)2)12(15)14-10-4-5-10/h3,6-7,10H,1,4-5H2,2H3,(H,14,15). The Balaban J connectivity index is 2.16. The average molecular weight is 202 g/mol. The van der Waals surface area contributed by atoms with E-state index in [9.17, 15) is 4.79 Å². The third-order valence-electron chi connectivity index (χ3n) is 2.52. The van der Waals surface area contributed by atoms with Crippen LogP contribution in [0.5, 0.6) is 0 Å². The summed E-state index contributed by atoms with van der Waals surface area (Å²) < 4.78 is 0. The Kier molecular flexibility index (Phi) is 2.54. The molecule has 1 saturated carbocycles. The molecule has 0 unspecified atom stereocenters. The molecule has 0 aliphatic heterocycles. The Bertz CT molecular complexity index is 408. The van der Waals surface area contributed by atoms with E-state index in [1.807, 2.05) is 6.92 Å². The molecule has 3 nitrogen and oxygen atoms in total. The molecule has 0 radical (unpaired) electrons. The zero-order chi connectivity index (χ0) is 10.8. The number of aryl methyl sites for hydroxylation is 1. The molecule has 1 aliphatic carbocycles. The molecule has 1 aromatic rings. The highest BCUT2D eigenvalue weighted by atomic mass is 16.2. The van der Waals surface area contributed by atoms with Crippen molar-refractivity contribution in [1.82, 2.24) is 10.3 Å². The van der Waals surface area contributed by atoms with Gasteiger partial charge in [-0.05, 0) is 37.0 Å². The lowest BCUT2D eigenvalue weighted by Crippen LogP contribution is -2.26. The fourth-order valence-corrected chi connectivity index (χ4v) is 1.39. The van der Waals surface area contributed by atoms with Gasteiger partial charge in [-0.15, -0.1) is 0 Å². The first kappa shape index (κ1) is 9.90. The molecule has 78 valence electrons.